The second-order valence-electron chi connectivity index (χ2n) is 8.25. The lowest BCUT2D eigenvalue weighted by Crippen LogP contribution is -2.40. The second kappa shape index (κ2) is 8.81. The fourth-order valence-electron chi connectivity index (χ4n) is 4.42. The minimum Gasteiger partial charge on any atom is -0.415 e. The summed E-state index contributed by atoms with van der Waals surface area (Å²) in [5.41, 5.74) is 2.54. The van der Waals surface area contributed by atoms with Gasteiger partial charge in [0.2, 0.25) is 11.8 Å². The average molecular weight is 468 g/mol. The third kappa shape index (κ3) is 3.97. The molecule has 11 heteroatoms. The quantitative estimate of drug-likeness (QED) is 0.445. The van der Waals surface area contributed by atoms with Crippen molar-refractivity contribution >= 4 is 16.9 Å². The first kappa shape index (κ1) is 21.9. The zero-order chi connectivity index (χ0) is 23.8. The van der Waals surface area contributed by atoms with Gasteiger partial charge in [0.05, 0.1) is 28.8 Å². The molecule has 34 heavy (non-hydrogen) atoms. The first-order chi connectivity index (χ1) is 16.4. The Morgan fingerprint density at radius 2 is 1.85 bits per heavy atom. The molecule has 0 unspecified atom stereocenters. The molecule has 0 spiro atoms. The molecular weight excluding hydrogens is 446 g/mol. The normalized spacial score (nSPS) is 14.9. The highest BCUT2D eigenvalue weighted by atomic mass is 19.3. The van der Waals surface area contributed by atoms with Gasteiger partial charge in [-0.3, -0.25) is 18.9 Å². The molecule has 0 aliphatic carbocycles. The van der Waals surface area contributed by atoms with Crippen molar-refractivity contribution in [2.45, 2.75) is 38.8 Å². The van der Waals surface area contributed by atoms with Gasteiger partial charge < -0.3 is 9.32 Å². The van der Waals surface area contributed by atoms with Crippen molar-refractivity contribution < 1.29 is 18.0 Å². The van der Waals surface area contributed by atoms with Crippen LogP contribution >= 0.6 is 0 Å². The Hall–Kier alpha value is -3.89. The van der Waals surface area contributed by atoms with Gasteiger partial charge in [-0.15, -0.1) is 10.2 Å². The number of fused-ring (bicyclic) bond motifs is 1. The van der Waals surface area contributed by atoms with E-state index in [4.69, 9.17) is 4.42 Å². The SMILES string of the molecule is CC(=O)N1CCC(n2c(=O)n(Cc3ccc(-c4nnc(C(F)F)o4)cn3)c3ccccc32)CC1. The maximum Gasteiger partial charge on any atom is 0.329 e. The van der Waals surface area contributed by atoms with Crippen LogP contribution in [-0.4, -0.2) is 48.2 Å². The van der Waals surface area contributed by atoms with Crippen LogP contribution in [-0.2, 0) is 11.3 Å². The number of amides is 1. The predicted molar refractivity (Wildman–Crippen MR) is 118 cm³/mol. The molecule has 176 valence electrons. The van der Waals surface area contributed by atoms with Crippen molar-refractivity contribution in [1.82, 2.24) is 29.2 Å². The van der Waals surface area contributed by atoms with Crippen molar-refractivity contribution in [2.75, 3.05) is 13.1 Å². The molecule has 4 aromatic rings. The number of hydrogen-bond acceptors (Lipinski definition) is 6. The van der Waals surface area contributed by atoms with Crippen molar-refractivity contribution in [2.24, 2.45) is 0 Å². The zero-order valence-electron chi connectivity index (χ0n) is 18.4. The molecule has 0 atom stereocenters. The van der Waals surface area contributed by atoms with E-state index in [2.05, 4.69) is 15.2 Å². The molecule has 1 aromatic carbocycles. The molecular formula is C23H22F2N6O3. The molecule has 0 N–H and O–H groups in total. The van der Waals surface area contributed by atoms with E-state index in [0.29, 0.717) is 37.2 Å². The number of carbonyl (C=O) groups excluding carboxylic acids is 1. The molecule has 1 aliphatic heterocycles. The van der Waals surface area contributed by atoms with Gasteiger partial charge in [-0.25, -0.2) is 4.79 Å². The molecule has 0 radical (unpaired) electrons. The number of piperidine rings is 1. The third-order valence-corrected chi connectivity index (χ3v) is 6.16. The first-order valence-corrected chi connectivity index (χ1v) is 10.9. The Morgan fingerprint density at radius 3 is 2.47 bits per heavy atom. The van der Waals surface area contributed by atoms with Gasteiger partial charge in [-0.1, -0.05) is 12.1 Å². The fraction of sp³-hybridized carbons (Fsp3) is 0.348. The van der Waals surface area contributed by atoms with Crippen molar-refractivity contribution in [1.29, 1.82) is 0 Å². The molecule has 1 amide bonds. The Labute approximate surface area is 192 Å². The largest absolute Gasteiger partial charge is 0.415 e. The number of halogens is 2. The summed E-state index contributed by atoms with van der Waals surface area (Å²) in [6, 6.07) is 11.0. The number of imidazole rings is 1. The van der Waals surface area contributed by atoms with Gasteiger partial charge in [0.25, 0.3) is 5.89 Å². The van der Waals surface area contributed by atoms with E-state index in [1.807, 2.05) is 28.8 Å². The number of alkyl halides is 2. The van der Waals surface area contributed by atoms with Gasteiger partial charge in [0, 0.05) is 32.3 Å². The molecule has 3 aromatic heterocycles. The molecule has 5 rings (SSSR count). The predicted octanol–water partition coefficient (Wildman–Crippen LogP) is 3.42. The highest BCUT2D eigenvalue weighted by molar-refractivity contribution is 5.76. The van der Waals surface area contributed by atoms with Crippen LogP contribution in [0.15, 0.2) is 51.8 Å². The molecule has 1 fully saturated rings. The lowest BCUT2D eigenvalue weighted by molar-refractivity contribution is -0.130. The van der Waals surface area contributed by atoms with Crippen LogP contribution in [0.3, 0.4) is 0 Å². The van der Waals surface area contributed by atoms with Crippen molar-refractivity contribution in [3.63, 3.8) is 0 Å². The summed E-state index contributed by atoms with van der Waals surface area (Å²) in [4.78, 5) is 31.3. The van der Waals surface area contributed by atoms with E-state index in [1.165, 1.54) is 6.20 Å². The summed E-state index contributed by atoms with van der Waals surface area (Å²) in [6.07, 6.45) is 0.0448. The highest BCUT2D eigenvalue weighted by Gasteiger charge is 2.26. The third-order valence-electron chi connectivity index (χ3n) is 6.16. The van der Waals surface area contributed by atoms with Crippen LogP contribution in [0.2, 0.25) is 0 Å². The maximum absolute atomic E-state index is 13.5. The topological polar surface area (TPSA) is 99.1 Å². The van der Waals surface area contributed by atoms with Gasteiger partial charge in [-0.05, 0) is 37.1 Å². The van der Waals surface area contributed by atoms with E-state index in [9.17, 15) is 18.4 Å². The molecule has 9 nitrogen and oxygen atoms in total. The molecule has 0 saturated carbocycles. The van der Waals surface area contributed by atoms with Gasteiger partial charge in [-0.2, -0.15) is 8.78 Å². The van der Waals surface area contributed by atoms with E-state index < -0.39 is 12.3 Å². The fourth-order valence-corrected chi connectivity index (χ4v) is 4.42. The summed E-state index contributed by atoms with van der Waals surface area (Å²) in [7, 11) is 0. The Bertz CT molecular complexity index is 1380. The average Bonchev–Trinajstić information content (AvgIpc) is 3.44. The van der Waals surface area contributed by atoms with Gasteiger partial charge in [0.15, 0.2) is 0 Å². The molecule has 1 saturated heterocycles. The van der Waals surface area contributed by atoms with E-state index >= 15 is 0 Å². The first-order valence-electron chi connectivity index (χ1n) is 10.9. The van der Waals surface area contributed by atoms with Gasteiger partial charge in [0.1, 0.15) is 0 Å². The van der Waals surface area contributed by atoms with E-state index in [0.717, 1.165) is 11.0 Å². The Kier molecular flexibility index (Phi) is 5.68. The lowest BCUT2D eigenvalue weighted by Gasteiger charge is -2.31. The summed E-state index contributed by atoms with van der Waals surface area (Å²) in [6.45, 7) is 3.05. The summed E-state index contributed by atoms with van der Waals surface area (Å²) < 4.78 is 33.9. The molecule has 1 aliphatic rings. The molecule has 4 heterocycles. The maximum atomic E-state index is 13.5. The Morgan fingerprint density at radius 1 is 1.12 bits per heavy atom. The van der Waals surface area contributed by atoms with E-state index in [1.54, 1.807) is 28.5 Å². The number of pyridine rings is 1. The smallest absolute Gasteiger partial charge is 0.329 e. The number of carbonyl (C=O) groups is 1. The van der Waals surface area contributed by atoms with Crippen LogP contribution in [0.4, 0.5) is 8.78 Å². The number of aromatic nitrogens is 5. The number of hydrogen-bond donors (Lipinski definition) is 0. The minimum absolute atomic E-state index is 0.00569. The highest BCUT2D eigenvalue weighted by Crippen LogP contribution is 2.27. The minimum atomic E-state index is -2.84. The van der Waals surface area contributed by atoms with Gasteiger partial charge >= 0.3 is 12.1 Å². The van der Waals surface area contributed by atoms with Crippen molar-refractivity contribution in [3.8, 4) is 11.5 Å². The summed E-state index contributed by atoms with van der Waals surface area (Å²) in [5, 5.41) is 6.95. The van der Waals surface area contributed by atoms with Crippen LogP contribution < -0.4 is 5.69 Å². The van der Waals surface area contributed by atoms with Crippen LogP contribution in [0.1, 0.15) is 43.8 Å². The van der Waals surface area contributed by atoms with Crippen LogP contribution in [0.25, 0.3) is 22.5 Å². The van der Waals surface area contributed by atoms with Crippen LogP contribution in [0.5, 0.6) is 0 Å². The number of benzene rings is 1. The zero-order valence-corrected chi connectivity index (χ0v) is 18.4. The Balaban J connectivity index is 1.43. The van der Waals surface area contributed by atoms with E-state index in [-0.39, 0.29) is 30.1 Å². The summed E-state index contributed by atoms with van der Waals surface area (Å²) in [5.74, 6) is -0.735. The summed E-state index contributed by atoms with van der Waals surface area (Å²) >= 11 is 0. The number of likely N-dealkylation sites (tertiary alicyclic amines) is 1. The number of nitrogens with zero attached hydrogens (tertiary/aromatic N) is 6. The van der Waals surface area contributed by atoms with Crippen LogP contribution in [0, 0.1) is 0 Å². The standard InChI is InChI=1S/C23H22F2N6O3/c1-14(32)29-10-8-17(9-11-29)31-19-5-3-2-4-18(19)30(23(31)33)13-16-7-6-15(12-26-16)21-27-28-22(34-21)20(24)25/h2-7,12,17,20H,8-11,13H2,1H3. The van der Waals surface area contributed by atoms with Crippen molar-refractivity contribution in [3.05, 3.63) is 64.7 Å². The monoisotopic (exact) mass is 468 g/mol. The number of rotatable bonds is 5. The lowest BCUT2D eigenvalue weighted by atomic mass is 10.0. The molecule has 0 bridgehead atoms. The number of para-hydroxylation sites is 2. The second-order valence-corrected chi connectivity index (χ2v) is 8.25.